The summed E-state index contributed by atoms with van der Waals surface area (Å²) in [6.07, 6.45) is 1.22. The summed E-state index contributed by atoms with van der Waals surface area (Å²) >= 11 is 0. The van der Waals surface area contributed by atoms with Gasteiger partial charge >= 0.3 is 0 Å². The first-order valence-electron chi connectivity index (χ1n) is 5.05. The molecule has 0 radical (unpaired) electrons. The number of hydrogen-bond donors (Lipinski definition) is 2. The number of β-amino-alcohol motifs (C(OH)–C–C–N with tert-alkyl or cyclic N) is 2. The van der Waals surface area contributed by atoms with E-state index in [4.69, 9.17) is 10.2 Å². The maximum absolute atomic E-state index is 8.83. The van der Waals surface area contributed by atoms with Gasteiger partial charge < -0.3 is 10.2 Å². The molecule has 2 heterocycles. The Hall–Kier alpha value is -0.160. The summed E-state index contributed by atoms with van der Waals surface area (Å²) in [7, 11) is 0. The summed E-state index contributed by atoms with van der Waals surface area (Å²) < 4.78 is 0. The minimum atomic E-state index is 0.267. The number of piperazine rings is 1. The third-order valence-corrected chi connectivity index (χ3v) is 3.24. The lowest BCUT2D eigenvalue weighted by molar-refractivity contribution is 0.0952. The summed E-state index contributed by atoms with van der Waals surface area (Å²) in [5.41, 5.74) is 0. The van der Waals surface area contributed by atoms with Crippen molar-refractivity contribution in [1.29, 1.82) is 0 Å². The molecule has 0 aromatic heterocycles. The van der Waals surface area contributed by atoms with Crippen LogP contribution in [0.2, 0.25) is 0 Å². The molecule has 0 aliphatic carbocycles. The minimum Gasteiger partial charge on any atom is -0.395 e. The SMILES string of the molecule is OCCN1CC2CC1CN2CCO. The Labute approximate surface area is 78.8 Å². The number of aliphatic hydroxyl groups excluding tert-OH is 2. The van der Waals surface area contributed by atoms with Gasteiger partial charge in [-0.2, -0.15) is 0 Å². The molecule has 0 aromatic rings. The maximum atomic E-state index is 8.83. The van der Waals surface area contributed by atoms with Crippen molar-refractivity contribution in [3.63, 3.8) is 0 Å². The monoisotopic (exact) mass is 186 g/mol. The van der Waals surface area contributed by atoms with Gasteiger partial charge in [0.2, 0.25) is 0 Å². The van der Waals surface area contributed by atoms with E-state index in [1.54, 1.807) is 0 Å². The number of fused-ring (bicyclic) bond motifs is 2. The average molecular weight is 186 g/mol. The molecule has 0 aromatic carbocycles. The Kier molecular flexibility index (Phi) is 2.83. The van der Waals surface area contributed by atoms with Crippen LogP contribution < -0.4 is 0 Å². The highest BCUT2D eigenvalue weighted by molar-refractivity contribution is 4.99. The molecule has 76 valence electrons. The molecule has 2 fully saturated rings. The Morgan fingerprint density at radius 2 is 1.38 bits per heavy atom. The average Bonchev–Trinajstić information content (AvgIpc) is 2.65. The summed E-state index contributed by atoms with van der Waals surface area (Å²) in [6, 6.07) is 1.26. The molecule has 2 unspecified atom stereocenters. The molecule has 0 saturated carbocycles. The Morgan fingerprint density at radius 3 is 1.69 bits per heavy atom. The van der Waals surface area contributed by atoms with Crippen molar-refractivity contribution < 1.29 is 10.2 Å². The van der Waals surface area contributed by atoms with Gasteiger partial charge in [0.1, 0.15) is 0 Å². The lowest BCUT2D eigenvalue weighted by atomic mass is 10.2. The molecule has 0 spiro atoms. The quantitative estimate of drug-likeness (QED) is 0.575. The molecule has 4 nitrogen and oxygen atoms in total. The fourth-order valence-corrected chi connectivity index (χ4v) is 2.64. The van der Waals surface area contributed by atoms with Gasteiger partial charge in [0.15, 0.2) is 0 Å². The first kappa shape index (κ1) is 9.40. The van der Waals surface area contributed by atoms with Crippen LogP contribution in [0, 0.1) is 0 Å². The Morgan fingerprint density at radius 1 is 0.923 bits per heavy atom. The van der Waals surface area contributed by atoms with E-state index in [0.29, 0.717) is 12.1 Å². The first-order chi connectivity index (χ1) is 6.35. The topological polar surface area (TPSA) is 46.9 Å². The van der Waals surface area contributed by atoms with E-state index in [9.17, 15) is 0 Å². The van der Waals surface area contributed by atoms with Crippen LogP contribution in [0.25, 0.3) is 0 Å². The minimum absolute atomic E-state index is 0.267. The second kappa shape index (κ2) is 3.92. The highest BCUT2D eigenvalue weighted by Gasteiger charge is 2.42. The second-order valence-electron chi connectivity index (χ2n) is 3.98. The number of aliphatic hydroxyl groups is 2. The van der Waals surface area contributed by atoms with E-state index in [1.165, 1.54) is 6.42 Å². The summed E-state index contributed by atoms with van der Waals surface area (Å²) in [5.74, 6) is 0. The molecule has 2 rings (SSSR count). The van der Waals surface area contributed by atoms with Crippen LogP contribution in [0.15, 0.2) is 0 Å². The molecule has 2 saturated heterocycles. The lowest BCUT2D eigenvalue weighted by Gasteiger charge is -2.33. The van der Waals surface area contributed by atoms with Gasteiger partial charge in [0.05, 0.1) is 13.2 Å². The van der Waals surface area contributed by atoms with Gasteiger partial charge in [0, 0.05) is 38.3 Å². The van der Waals surface area contributed by atoms with Crippen LogP contribution in [0.1, 0.15) is 6.42 Å². The zero-order chi connectivity index (χ0) is 9.26. The molecule has 13 heavy (non-hydrogen) atoms. The van der Waals surface area contributed by atoms with Crippen LogP contribution >= 0.6 is 0 Å². The third-order valence-electron chi connectivity index (χ3n) is 3.24. The number of nitrogens with zero attached hydrogens (tertiary/aromatic N) is 2. The van der Waals surface area contributed by atoms with Crippen LogP contribution in [0.4, 0.5) is 0 Å². The van der Waals surface area contributed by atoms with Gasteiger partial charge in [-0.1, -0.05) is 0 Å². The highest BCUT2D eigenvalue weighted by atomic mass is 16.3. The Balaban J connectivity index is 1.84. The predicted octanol–water partition coefficient (Wildman–Crippen LogP) is -1.27. The van der Waals surface area contributed by atoms with E-state index < -0.39 is 0 Å². The largest absolute Gasteiger partial charge is 0.395 e. The van der Waals surface area contributed by atoms with E-state index in [1.807, 2.05) is 0 Å². The second-order valence-corrected chi connectivity index (χ2v) is 3.98. The van der Waals surface area contributed by atoms with E-state index in [-0.39, 0.29) is 13.2 Å². The van der Waals surface area contributed by atoms with Gasteiger partial charge in [-0.05, 0) is 6.42 Å². The molecule has 2 atom stereocenters. The van der Waals surface area contributed by atoms with Crippen molar-refractivity contribution in [2.45, 2.75) is 18.5 Å². The molecule has 2 aliphatic heterocycles. The number of hydrogen-bond acceptors (Lipinski definition) is 4. The van der Waals surface area contributed by atoms with E-state index in [0.717, 1.165) is 26.2 Å². The van der Waals surface area contributed by atoms with Crippen LogP contribution in [0.3, 0.4) is 0 Å². The van der Waals surface area contributed by atoms with Crippen LogP contribution in [-0.2, 0) is 0 Å². The molecular weight excluding hydrogens is 168 g/mol. The lowest BCUT2D eigenvalue weighted by Crippen LogP contribution is -2.47. The standard InChI is InChI=1S/C9H18N2O2/c12-3-1-10-6-9-5-8(10)7-11(9)2-4-13/h8-9,12-13H,1-7H2. The first-order valence-corrected chi connectivity index (χ1v) is 5.05. The van der Waals surface area contributed by atoms with Crippen molar-refractivity contribution in [3.8, 4) is 0 Å². The van der Waals surface area contributed by atoms with Crippen molar-refractivity contribution in [3.05, 3.63) is 0 Å². The summed E-state index contributed by atoms with van der Waals surface area (Å²) in [5, 5.41) is 17.7. The molecule has 2 bridgehead atoms. The number of rotatable bonds is 4. The van der Waals surface area contributed by atoms with Crippen LogP contribution in [-0.4, -0.2) is 71.5 Å². The van der Waals surface area contributed by atoms with Gasteiger partial charge in [-0.25, -0.2) is 0 Å². The molecular formula is C9H18N2O2. The smallest absolute Gasteiger partial charge is 0.0558 e. The van der Waals surface area contributed by atoms with Crippen LogP contribution in [0.5, 0.6) is 0 Å². The normalized spacial score (nSPS) is 34.6. The van der Waals surface area contributed by atoms with E-state index >= 15 is 0 Å². The fraction of sp³-hybridized carbons (Fsp3) is 1.00. The highest BCUT2D eigenvalue weighted by Crippen LogP contribution is 2.29. The molecule has 2 aliphatic rings. The summed E-state index contributed by atoms with van der Waals surface area (Å²) in [4.78, 5) is 4.72. The Bertz CT molecular complexity index is 159. The molecule has 2 N–H and O–H groups in total. The number of likely N-dealkylation sites (tertiary alicyclic amines) is 2. The zero-order valence-electron chi connectivity index (χ0n) is 7.89. The van der Waals surface area contributed by atoms with Gasteiger partial charge in [0.25, 0.3) is 0 Å². The molecule has 0 amide bonds. The maximum Gasteiger partial charge on any atom is 0.0558 e. The predicted molar refractivity (Wildman–Crippen MR) is 49.5 cm³/mol. The van der Waals surface area contributed by atoms with Crippen molar-refractivity contribution >= 4 is 0 Å². The van der Waals surface area contributed by atoms with E-state index in [2.05, 4.69) is 9.80 Å². The van der Waals surface area contributed by atoms with Crippen molar-refractivity contribution in [1.82, 2.24) is 9.80 Å². The van der Waals surface area contributed by atoms with Gasteiger partial charge in [-0.15, -0.1) is 0 Å². The molecule has 4 heteroatoms. The zero-order valence-corrected chi connectivity index (χ0v) is 7.89. The van der Waals surface area contributed by atoms with Gasteiger partial charge in [-0.3, -0.25) is 9.80 Å². The fourth-order valence-electron chi connectivity index (χ4n) is 2.64. The summed E-state index contributed by atoms with van der Waals surface area (Å²) in [6.45, 7) is 4.31. The van der Waals surface area contributed by atoms with Crippen molar-refractivity contribution in [2.24, 2.45) is 0 Å². The third kappa shape index (κ3) is 1.72. The van der Waals surface area contributed by atoms with Crippen molar-refractivity contribution in [2.75, 3.05) is 39.4 Å².